The quantitative estimate of drug-likeness (QED) is 0.305. The smallest absolute Gasteiger partial charge is 0.347 e. The van der Waals surface area contributed by atoms with Gasteiger partial charge in [-0.05, 0) is 42.2 Å². The Morgan fingerprint density at radius 3 is 2.57 bits per heavy atom. The van der Waals surface area contributed by atoms with Crippen molar-refractivity contribution in [1.82, 2.24) is 34.4 Å². The van der Waals surface area contributed by atoms with E-state index >= 15 is 0 Å². The van der Waals surface area contributed by atoms with Gasteiger partial charge in [0.25, 0.3) is 0 Å². The van der Waals surface area contributed by atoms with Crippen molar-refractivity contribution in [2.75, 3.05) is 18.4 Å². The number of fused-ring (bicyclic) bond motifs is 3. The van der Waals surface area contributed by atoms with Crippen LogP contribution in [0.2, 0.25) is 0 Å². The van der Waals surface area contributed by atoms with Gasteiger partial charge >= 0.3 is 5.69 Å². The summed E-state index contributed by atoms with van der Waals surface area (Å²) in [5.41, 5.74) is 6.27. The van der Waals surface area contributed by atoms with Crippen molar-refractivity contribution in [3.8, 4) is 28.5 Å². The van der Waals surface area contributed by atoms with E-state index in [1.54, 1.807) is 18.5 Å². The van der Waals surface area contributed by atoms with E-state index in [2.05, 4.69) is 72.8 Å². The van der Waals surface area contributed by atoms with E-state index in [9.17, 15) is 4.79 Å². The first kappa shape index (κ1) is 25.6. The molecule has 7 rings (SSSR count). The summed E-state index contributed by atoms with van der Waals surface area (Å²) in [6.07, 6.45) is 5.33. The molecule has 2 N–H and O–H groups in total. The Labute approximate surface area is 241 Å². The lowest BCUT2D eigenvalue weighted by Gasteiger charge is -2.32. The highest BCUT2D eigenvalue weighted by Crippen LogP contribution is 2.34. The number of aromatic amines is 1. The van der Waals surface area contributed by atoms with Crippen molar-refractivity contribution in [3.05, 3.63) is 107 Å². The lowest BCUT2D eigenvalue weighted by atomic mass is 9.97. The van der Waals surface area contributed by atoms with Crippen molar-refractivity contribution in [3.63, 3.8) is 0 Å². The number of pyridine rings is 2. The summed E-state index contributed by atoms with van der Waals surface area (Å²) in [7, 11) is 0. The van der Waals surface area contributed by atoms with Gasteiger partial charge in [-0.25, -0.2) is 29.2 Å². The molecule has 0 amide bonds. The monoisotopic (exact) mass is 553 g/mol. The normalized spacial score (nSPS) is 14.3. The topological polar surface area (TPSA) is 128 Å². The molecule has 0 unspecified atom stereocenters. The summed E-state index contributed by atoms with van der Waals surface area (Å²) in [5, 5.41) is 20.1. The third kappa shape index (κ3) is 4.98. The highest BCUT2D eigenvalue weighted by molar-refractivity contribution is 5.98. The SMILES string of the molecule is N#Cc1nccc(NC2CCN(Cc3ccc(-c4nc5ccn6c(=O)[nH]nc6c5cc4-c4ccccc4)cc3)CC2)n1. The standard InChI is InChI=1S/C32H27N9O/c33-19-29-34-14-10-28(37-29)35-24-11-15-40(16-12-24)20-21-6-8-23(9-7-21)30-25(22-4-2-1-3-5-22)18-26-27(36-30)13-17-41-31(26)38-39-32(41)42/h1-10,13-14,17-18,24H,11-12,15-16,20H2,(H,39,42)(H,34,35,37). The molecule has 206 valence electrons. The Bertz CT molecular complexity index is 1980. The molecule has 1 aliphatic heterocycles. The number of anilines is 1. The Morgan fingerprint density at radius 1 is 0.976 bits per heavy atom. The number of piperidine rings is 1. The lowest BCUT2D eigenvalue weighted by molar-refractivity contribution is 0.211. The summed E-state index contributed by atoms with van der Waals surface area (Å²) >= 11 is 0. The zero-order valence-corrected chi connectivity index (χ0v) is 22.7. The van der Waals surface area contributed by atoms with Crippen LogP contribution >= 0.6 is 0 Å². The molecular weight excluding hydrogens is 526 g/mol. The number of benzene rings is 2. The second kappa shape index (κ2) is 10.9. The number of nitrogens with one attached hydrogen (secondary N) is 2. The predicted octanol–water partition coefficient (Wildman–Crippen LogP) is 4.64. The number of nitriles is 1. The molecular formula is C32H27N9O. The van der Waals surface area contributed by atoms with Crippen molar-refractivity contribution in [1.29, 1.82) is 5.26 Å². The summed E-state index contributed by atoms with van der Waals surface area (Å²) in [4.78, 5) is 27.9. The maximum absolute atomic E-state index is 12.2. The molecule has 6 aromatic rings. The Balaban J connectivity index is 1.11. The van der Waals surface area contributed by atoms with Crippen LogP contribution in [0.3, 0.4) is 0 Å². The van der Waals surface area contributed by atoms with E-state index < -0.39 is 0 Å². The summed E-state index contributed by atoms with van der Waals surface area (Å²) in [6.45, 7) is 2.83. The van der Waals surface area contributed by atoms with Gasteiger partial charge in [0.05, 0.1) is 11.2 Å². The summed E-state index contributed by atoms with van der Waals surface area (Å²) in [5.74, 6) is 0.887. The highest BCUT2D eigenvalue weighted by atomic mass is 16.1. The molecule has 2 aromatic carbocycles. The number of nitrogens with zero attached hydrogens (tertiary/aromatic N) is 7. The molecule has 5 heterocycles. The van der Waals surface area contributed by atoms with Crippen LogP contribution in [0.5, 0.6) is 0 Å². The second-order valence-electron chi connectivity index (χ2n) is 10.5. The van der Waals surface area contributed by atoms with Crippen molar-refractivity contribution in [2.45, 2.75) is 25.4 Å². The van der Waals surface area contributed by atoms with Crippen LogP contribution in [0, 0.1) is 11.3 Å². The van der Waals surface area contributed by atoms with Crippen LogP contribution < -0.4 is 11.0 Å². The fourth-order valence-corrected chi connectivity index (χ4v) is 5.63. The first-order valence-corrected chi connectivity index (χ1v) is 13.9. The van der Waals surface area contributed by atoms with E-state index in [1.165, 1.54) is 9.96 Å². The molecule has 1 fully saturated rings. The highest BCUT2D eigenvalue weighted by Gasteiger charge is 2.20. The predicted molar refractivity (Wildman–Crippen MR) is 161 cm³/mol. The van der Waals surface area contributed by atoms with Crippen LogP contribution in [0.4, 0.5) is 5.82 Å². The number of aromatic nitrogens is 6. The van der Waals surface area contributed by atoms with Crippen molar-refractivity contribution < 1.29 is 0 Å². The van der Waals surface area contributed by atoms with E-state index in [-0.39, 0.29) is 11.5 Å². The minimum absolute atomic E-state index is 0.183. The number of H-pyrrole nitrogens is 1. The van der Waals surface area contributed by atoms with Crippen LogP contribution in [0.25, 0.3) is 38.9 Å². The number of likely N-dealkylation sites (tertiary alicyclic amines) is 1. The van der Waals surface area contributed by atoms with Gasteiger partial charge in [0.2, 0.25) is 5.82 Å². The van der Waals surface area contributed by atoms with Gasteiger partial charge in [0.15, 0.2) is 5.65 Å². The van der Waals surface area contributed by atoms with Gasteiger partial charge in [-0.3, -0.25) is 4.90 Å². The van der Waals surface area contributed by atoms with Gasteiger partial charge in [-0.1, -0.05) is 54.6 Å². The van der Waals surface area contributed by atoms with E-state index in [4.69, 9.17) is 10.2 Å². The number of rotatable bonds is 6. The zero-order valence-electron chi connectivity index (χ0n) is 22.7. The molecule has 0 bridgehead atoms. The average molecular weight is 554 g/mol. The van der Waals surface area contributed by atoms with E-state index in [0.717, 1.165) is 65.8 Å². The number of hydrogen-bond acceptors (Lipinski definition) is 8. The van der Waals surface area contributed by atoms with Crippen LogP contribution in [-0.4, -0.2) is 53.6 Å². The summed E-state index contributed by atoms with van der Waals surface area (Å²) in [6, 6.07) is 26.9. The molecule has 0 radical (unpaired) electrons. The molecule has 1 aliphatic rings. The minimum Gasteiger partial charge on any atom is -0.367 e. The van der Waals surface area contributed by atoms with Gasteiger partial charge in [0, 0.05) is 54.6 Å². The first-order valence-electron chi connectivity index (χ1n) is 13.9. The molecule has 1 saturated heterocycles. The van der Waals surface area contributed by atoms with Gasteiger partial charge in [-0.15, -0.1) is 0 Å². The largest absolute Gasteiger partial charge is 0.367 e. The maximum Gasteiger partial charge on any atom is 0.347 e. The fourth-order valence-electron chi connectivity index (χ4n) is 5.63. The van der Waals surface area contributed by atoms with Crippen LogP contribution in [0.15, 0.2) is 90.0 Å². The second-order valence-corrected chi connectivity index (χ2v) is 10.5. The first-order chi connectivity index (χ1) is 20.6. The van der Waals surface area contributed by atoms with Gasteiger partial charge in [-0.2, -0.15) is 10.4 Å². The summed E-state index contributed by atoms with van der Waals surface area (Å²) < 4.78 is 1.51. The van der Waals surface area contributed by atoms with Crippen LogP contribution in [-0.2, 0) is 6.54 Å². The van der Waals surface area contributed by atoms with Gasteiger partial charge < -0.3 is 5.32 Å². The molecule has 0 spiro atoms. The molecule has 0 atom stereocenters. The fraction of sp³-hybridized carbons (Fsp3) is 0.188. The molecule has 4 aromatic heterocycles. The number of hydrogen-bond donors (Lipinski definition) is 2. The third-order valence-electron chi connectivity index (χ3n) is 7.79. The molecule has 10 nitrogen and oxygen atoms in total. The molecule has 0 aliphatic carbocycles. The van der Waals surface area contributed by atoms with E-state index in [1.807, 2.05) is 30.3 Å². The van der Waals surface area contributed by atoms with Gasteiger partial charge in [0.1, 0.15) is 11.9 Å². The van der Waals surface area contributed by atoms with E-state index in [0.29, 0.717) is 17.5 Å². The maximum atomic E-state index is 12.2. The third-order valence-corrected chi connectivity index (χ3v) is 7.79. The average Bonchev–Trinajstić information content (AvgIpc) is 3.43. The molecule has 0 saturated carbocycles. The lowest BCUT2D eigenvalue weighted by Crippen LogP contribution is -2.38. The Hall–Kier alpha value is -5.40. The van der Waals surface area contributed by atoms with Crippen LogP contribution in [0.1, 0.15) is 24.2 Å². The van der Waals surface area contributed by atoms with Crippen molar-refractivity contribution in [2.24, 2.45) is 0 Å². The van der Waals surface area contributed by atoms with Crippen molar-refractivity contribution >= 4 is 22.4 Å². The molecule has 42 heavy (non-hydrogen) atoms. The Kier molecular flexibility index (Phi) is 6.62. The minimum atomic E-state index is -0.270. The Morgan fingerprint density at radius 2 is 1.79 bits per heavy atom. The molecule has 10 heteroatoms. The zero-order chi connectivity index (χ0) is 28.5.